The van der Waals surface area contributed by atoms with Crippen molar-refractivity contribution in [1.29, 1.82) is 0 Å². The number of rotatable bonds is 4. The first-order chi connectivity index (χ1) is 9.71. The van der Waals surface area contributed by atoms with Gasteiger partial charge in [-0.25, -0.2) is 0 Å². The molecule has 0 aliphatic heterocycles. The van der Waals surface area contributed by atoms with Gasteiger partial charge in [0.15, 0.2) is 0 Å². The SMILES string of the molecule is CCc1ccc(C(O)C2(CN)CCc3ccccc32)o1. The van der Waals surface area contributed by atoms with Gasteiger partial charge in [0.05, 0.1) is 0 Å². The molecular weight excluding hydrogens is 250 g/mol. The third-order valence-electron chi connectivity index (χ3n) is 4.58. The van der Waals surface area contributed by atoms with Crippen molar-refractivity contribution in [2.75, 3.05) is 6.54 Å². The fraction of sp³-hybridized carbons (Fsp3) is 0.412. The standard InChI is InChI=1S/C17H21NO2/c1-2-13-7-8-15(20-13)16(19)17(11-18)10-9-12-5-3-4-6-14(12)17/h3-8,16,19H,2,9-11,18H2,1H3. The van der Waals surface area contributed by atoms with E-state index in [0.29, 0.717) is 12.3 Å². The second kappa shape index (κ2) is 5.08. The average molecular weight is 271 g/mol. The molecule has 1 aromatic heterocycles. The van der Waals surface area contributed by atoms with Gasteiger partial charge < -0.3 is 15.3 Å². The number of fused-ring (bicyclic) bond motifs is 1. The van der Waals surface area contributed by atoms with E-state index in [1.54, 1.807) is 0 Å². The van der Waals surface area contributed by atoms with Crippen molar-refractivity contribution in [3.05, 3.63) is 59.0 Å². The number of nitrogens with two attached hydrogens (primary N) is 1. The van der Waals surface area contributed by atoms with Crippen molar-refractivity contribution in [1.82, 2.24) is 0 Å². The lowest BCUT2D eigenvalue weighted by Gasteiger charge is -2.33. The van der Waals surface area contributed by atoms with Crippen molar-refractivity contribution in [2.45, 2.75) is 37.7 Å². The van der Waals surface area contributed by atoms with Crippen LogP contribution in [0.25, 0.3) is 0 Å². The normalized spacial score (nSPS) is 22.8. The Morgan fingerprint density at radius 1 is 1.30 bits per heavy atom. The summed E-state index contributed by atoms with van der Waals surface area (Å²) in [6.45, 7) is 2.46. The highest BCUT2D eigenvalue weighted by Crippen LogP contribution is 2.46. The summed E-state index contributed by atoms with van der Waals surface area (Å²) in [5.74, 6) is 1.53. The number of benzene rings is 1. The maximum absolute atomic E-state index is 10.9. The van der Waals surface area contributed by atoms with E-state index >= 15 is 0 Å². The van der Waals surface area contributed by atoms with Crippen molar-refractivity contribution < 1.29 is 9.52 Å². The van der Waals surface area contributed by atoms with Gasteiger partial charge in [0.1, 0.15) is 17.6 Å². The summed E-state index contributed by atoms with van der Waals surface area (Å²) in [6, 6.07) is 12.1. The molecule has 0 saturated heterocycles. The highest BCUT2D eigenvalue weighted by Gasteiger charge is 2.45. The molecule has 2 aromatic rings. The fourth-order valence-electron chi connectivity index (χ4n) is 3.33. The molecule has 0 radical (unpaired) electrons. The lowest BCUT2D eigenvalue weighted by Crippen LogP contribution is -2.39. The number of hydrogen-bond acceptors (Lipinski definition) is 3. The Bertz CT molecular complexity index is 605. The third kappa shape index (κ3) is 1.89. The smallest absolute Gasteiger partial charge is 0.133 e. The van der Waals surface area contributed by atoms with Crippen molar-refractivity contribution in [3.8, 4) is 0 Å². The van der Waals surface area contributed by atoms with Gasteiger partial charge in [-0.1, -0.05) is 31.2 Å². The molecule has 1 heterocycles. The number of hydrogen-bond donors (Lipinski definition) is 2. The van der Waals surface area contributed by atoms with E-state index in [0.717, 1.165) is 25.0 Å². The minimum atomic E-state index is -0.684. The molecule has 1 aliphatic carbocycles. The van der Waals surface area contributed by atoms with Crippen LogP contribution in [0.3, 0.4) is 0 Å². The summed E-state index contributed by atoms with van der Waals surface area (Å²) in [5.41, 5.74) is 8.10. The number of aliphatic hydroxyl groups is 1. The first-order valence-corrected chi connectivity index (χ1v) is 7.26. The van der Waals surface area contributed by atoms with Crippen LogP contribution in [0.1, 0.15) is 42.1 Å². The first kappa shape index (κ1) is 13.4. The van der Waals surface area contributed by atoms with E-state index in [1.165, 1.54) is 11.1 Å². The summed E-state index contributed by atoms with van der Waals surface area (Å²) < 4.78 is 5.74. The third-order valence-corrected chi connectivity index (χ3v) is 4.58. The molecule has 3 heteroatoms. The first-order valence-electron chi connectivity index (χ1n) is 7.26. The van der Waals surface area contributed by atoms with Gasteiger partial charge in [0.2, 0.25) is 0 Å². The molecule has 20 heavy (non-hydrogen) atoms. The van der Waals surface area contributed by atoms with Crippen LogP contribution in [0.15, 0.2) is 40.8 Å². The Kier molecular flexibility index (Phi) is 3.40. The van der Waals surface area contributed by atoms with Gasteiger partial charge in [-0.05, 0) is 36.1 Å². The highest BCUT2D eigenvalue weighted by molar-refractivity contribution is 5.42. The van der Waals surface area contributed by atoms with Crippen LogP contribution in [-0.4, -0.2) is 11.7 Å². The molecule has 0 saturated carbocycles. The summed E-state index contributed by atoms with van der Waals surface area (Å²) in [4.78, 5) is 0. The van der Waals surface area contributed by atoms with Gasteiger partial charge >= 0.3 is 0 Å². The van der Waals surface area contributed by atoms with E-state index in [4.69, 9.17) is 10.2 Å². The van der Waals surface area contributed by atoms with Crippen molar-refractivity contribution >= 4 is 0 Å². The minimum absolute atomic E-state index is 0.417. The highest BCUT2D eigenvalue weighted by atomic mass is 16.4. The summed E-state index contributed by atoms with van der Waals surface area (Å²) in [6.07, 6.45) is 1.98. The predicted octanol–water partition coefficient (Wildman–Crippen LogP) is 2.72. The minimum Gasteiger partial charge on any atom is -0.463 e. The average Bonchev–Trinajstić information content (AvgIpc) is 3.12. The quantitative estimate of drug-likeness (QED) is 0.899. The molecule has 3 N–H and O–H groups in total. The molecule has 1 aliphatic rings. The van der Waals surface area contributed by atoms with Gasteiger partial charge in [0.25, 0.3) is 0 Å². The second-order valence-electron chi connectivity index (χ2n) is 5.58. The van der Waals surface area contributed by atoms with Crippen LogP contribution in [0.4, 0.5) is 0 Å². The summed E-state index contributed by atoms with van der Waals surface area (Å²) >= 11 is 0. The van der Waals surface area contributed by atoms with Crippen LogP contribution < -0.4 is 5.73 Å². The van der Waals surface area contributed by atoms with Crippen LogP contribution in [0.5, 0.6) is 0 Å². The molecule has 3 rings (SSSR count). The molecule has 106 valence electrons. The number of aryl methyl sites for hydroxylation is 2. The van der Waals surface area contributed by atoms with Crippen molar-refractivity contribution in [2.24, 2.45) is 5.73 Å². The van der Waals surface area contributed by atoms with Crippen LogP contribution in [0, 0.1) is 0 Å². The number of furan rings is 1. The topological polar surface area (TPSA) is 59.4 Å². The van der Waals surface area contributed by atoms with E-state index in [1.807, 2.05) is 31.2 Å². The monoisotopic (exact) mass is 271 g/mol. The largest absolute Gasteiger partial charge is 0.463 e. The van der Waals surface area contributed by atoms with Crippen LogP contribution >= 0.6 is 0 Å². The zero-order valence-corrected chi connectivity index (χ0v) is 11.8. The fourth-order valence-corrected chi connectivity index (χ4v) is 3.33. The van der Waals surface area contributed by atoms with E-state index in [2.05, 4.69) is 12.1 Å². The molecule has 0 fully saturated rings. The summed E-state index contributed by atoms with van der Waals surface area (Å²) in [7, 11) is 0. The van der Waals surface area contributed by atoms with E-state index in [-0.39, 0.29) is 0 Å². The second-order valence-corrected chi connectivity index (χ2v) is 5.58. The van der Waals surface area contributed by atoms with E-state index in [9.17, 15) is 5.11 Å². The zero-order valence-electron chi connectivity index (χ0n) is 11.8. The van der Waals surface area contributed by atoms with Gasteiger partial charge in [0, 0.05) is 18.4 Å². The number of aliphatic hydroxyl groups excluding tert-OH is 1. The Hall–Kier alpha value is -1.58. The van der Waals surface area contributed by atoms with Gasteiger partial charge in [-0.2, -0.15) is 0 Å². The Labute approximate surface area is 119 Å². The van der Waals surface area contributed by atoms with Crippen LogP contribution in [-0.2, 0) is 18.3 Å². The molecule has 3 nitrogen and oxygen atoms in total. The van der Waals surface area contributed by atoms with Gasteiger partial charge in [-0.15, -0.1) is 0 Å². The van der Waals surface area contributed by atoms with Gasteiger partial charge in [-0.3, -0.25) is 0 Å². The Balaban J connectivity index is 2.02. The molecular formula is C17H21NO2. The summed E-state index contributed by atoms with van der Waals surface area (Å²) in [5, 5.41) is 10.9. The Morgan fingerprint density at radius 2 is 2.10 bits per heavy atom. The molecule has 2 unspecified atom stereocenters. The zero-order chi connectivity index (χ0) is 14.2. The molecule has 2 atom stereocenters. The maximum atomic E-state index is 10.9. The molecule has 0 bridgehead atoms. The van der Waals surface area contributed by atoms with Crippen LogP contribution in [0.2, 0.25) is 0 Å². The maximum Gasteiger partial charge on any atom is 0.133 e. The Morgan fingerprint density at radius 3 is 2.80 bits per heavy atom. The van der Waals surface area contributed by atoms with E-state index < -0.39 is 11.5 Å². The molecule has 0 spiro atoms. The lowest BCUT2D eigenvalue weighted by atomic mass is 9.76. The predicted molar refractivity (Wildman–Crippen MR) is 78.5 cm³/mol. The molecule has 0 amide bonds. The van der Waals surface area contributed by atoms with Crippen molar-refractivity contribution in [3.63, 3.8) is 0 Å². The lowest BCUT2D eigenvalue weighted by molar-refractivity contribution is 0.0627. The molecule has 1 aromatic carbocycles.